The number of carbonyl (C=O) groups is 1. The molecule has 2 rings (SSSR count). The van der Waals surface area contributed by atoms with E-state index in [0.29, 0.717) is 4.99 Å². The average Bonchev–Trinajstić information content (AvgIpc) is 2.40. The lowest BCUT2D eigenvalue weighted by molar-refractivity contribution is -0.114. The first-order valence-corrected chi connectivity index (χ1v) is 7.40. The van der Waals surface area contributed by atoms with E-state index in [1.807, 2.05) is 42.5 Å². The highest BCUT2D eigenvalue weighted by atomic mass is 79.9. The minimum atomic E-state index is -0.0898. The van der Waals surface area contributed by atoms with E-state index >= 15 is 0 Å². The van der Waals surface area contributed by atoms with E-state index in [1.54, 1.807) is 0 Å². The molecule has 0 aliphatic rings. The number of anilines is 3. The second-order valence-electron chi connectivity index (χ2n) is 4.44. The predicted octanol–water partition coefficient (Wildman–Crippen LogP) is 3.79. The largest absolute Gasteiger partial charge is 0.389 e. The van der Waals surface area contributed by atoms with E-state index in [-0.39, 0.29) is 5.91 Å². The molecule has 0 radical (unpaired) electrons. The van der Waals surface area contributed by atoms with E-state index in [1.165, 1.54) is 6.92 Å². The summed E-state index contributed by atoms with van der Waals surface area (Å²) < 4.78 is 0.842. The fourth-order valence-corrected chi connectivity index (χ4v) is 2.70. The maximum absolute atomic E-state index is 11.0. The quantitative estimate of drug-likeness (QED) is 0.723. The van der Waals surface area contributed by atoms with Crippen molar-refractivity contribution in [3.63, 3.8) is 0 Å². The highest BCUT2D eigenvalue weighted by molar-refractivity contribution is 9.10. The molecule has 0 bridgehead atoms. The van der Waals surface area contributed by atoms with Gasteiger partial charge < -0.3 is 16.4 Å². The summed E-state index contributed by atoms with van der Waals surface area (Å²) >= 11 is 8.41. The number of amides is 1. The number of thiocarbonyl (C=S) groups is 1. The summed E-state index contributed by atoms with van der Waals surface area (Å²) in [6, 6.07) is 13.1. The zero-order valence-corrected chi connectivity index (χ0v) is 13.7. The Hall–Kier alpha value is -1.92. The molecule has 6 heteroatoms. The van der Waals surface area contributed by atoms with Gasteiger partial charge in [0.1, 0.15) is 4.99 Å². The van der Waals surface area contributed by atoms with Crippen LogP contribution >= 0.6 is 28.1 Å². The zero-order valence-electron chi connectivity index (χ0n) is 11.3. The summed E-state index contributed by atoms with van der Waals surface area (Å²) in [6.45, 7) is 1.48. The molecule has 0 unspecified atom stereocenters. The van der Waals surface area contributed by atoms with E-state index < -0.39 is 0 Å². The van der Waals surface area contributed by atoms with Crippen LogP contribution < -0.4 is 16.4 Å². The Morgan fingerprint density at radius 2 is 1.67 bits per heavy atom. The van der Waals surface area contributed by atoms with Gasteiger partial charge in [-0.3, -0.25) is 4.79 Å². The molecule has 0 saturated carbocycles. The van der Waals surface area contributed by atoms with Crippen LogP contribution in [-0.4, -0.2) is 10.9 Å². The van der Waals surface area contributed by atoms with Crippen LogP contribution in [0.15, 0.2) is 46.9 Å². The second-order valence-corrected chi connectivity index (χ2v) is 5.74. The Kier molecular flexibility index (Phi) is 4.93. The zero-order chi connectivity index (χ0) is 15.4. The molecule has 4 nitrogen and oxygen atoms in total. The van der Waals surface area contributed by atoms with Crippen LogP contribution in [0.4, 0.5) is 17.1 Å². The van der Waals surface area contributed by atoms with Crippen molar-refractivity contribution in [3.05, 3.63) is 52.5 Å². The molecule has 2 aromatic carbocycles. The van der Waals surface area contributed by atoms with E-state index in [0.717, 1.165) is 27.1 Å². The van der Waals surface area contributed by atoms with Crippen molar-refractivity contribution in [2.45, 2.75) is 6.92 Å². The molecular weight excluding hydrogens is 350 g/mol. The van der Waals surface area contributed by atoms with Crippen LogP contribution in [-0.2, 0) is 4.79 Å². The molecule has 1 amide bonds. The van der Waals surface area contributed by atoms with Crippen molar-refractivity contribution < 1.29 is 4.79 Å². The Balaban J connectivity index is 2.13. The number of carbonyl (C=O) groups excluding carboxylic acids is 1. The molecule has 0 fully saturated rings. The predicted molar refractivity (Wildman–Crippen MR) is 94.1 cm³/mol. The molecule has 0 atom stereocenters. The van der Waals surface area contributed by atoms with Crippen LogP contribution in [0.1, 0.15) is 12.5 Å². The number of nitrogens with one attached hydrogen (secondary N) is 2. The highest BCUT2D eigenvalue weighted by Crippen LogP contribution is 2.25. The third-order valence-corrected chi connectivity index (χ3v) is 3.60. The van der Waals surface area contributed by atoms with Gasteiger partial charge in [-0.1, -0.05) is 12.2 Å². The molecule has 2 aromatic rings. The van der Waals surface area contributed by atoms with Gasteiger partial charge in [0.25, 0.3) is 0 Å². The minimum absolute atomic E-state index is 0.0898. The molecule has 0 heterocycles. The SMILES string of the molecule is CC(=O)Nc1ccc(Nc2ccc(C(N)=S)c(Br)c2)cc1. The van der Waals surface area contributed by atoms with Crippen LogP contribution in [0, 0.1) is 0 Å². The number of benzene rings is 2. The van der Waals surface area contributed by atoms with E-state index in [2.05, 4.69) is 26.6 Å². The number of rotatable bonds is 4. The Bertz CT molecular complexity index is 686. The maximum atomic E-state index is 11.0. The number of hydrogen-bond acceptors (Lipinski definition) is 3. The Morgan fingerprint density at radius 3 is 2.19 bits per heavy atom. The first-order valence-electron chi connectivity index (χ1n) is 6.20. The standard InChI is InChI=1S/C15H14BrN3OS/c1-9(20)18-10-2-4-11(5-3-10)19-12-6-7-13(15(17)21)14(16)8-12/h2-8,19H,1H3,(H2,17,21)(H,18,20). The fourth-order valence-electron chi connectivity index (χ4n) is 1.80. The minimum Gasteiger partial charge on any atom is -0.389 e. The van der Waals surface area contributed by atoms with E-state index in [4.69, 9.17) is 18.0 Å². The number of halogens is 1. The van der Waals surface area contributed by atoms with Gasteiger partial charge in [0.2, 0.25) is 5.91 Å². The number of hydrogen-bond donors (Lipinski definition) is 3. The molecule has 4 N–H and O–H groups in total. The molecule has 21 heavy (non-hydrogen) atoms. The Morgan fingerprint density at radius 1 is 1.10 bits per heavy atom. The molecule has 108 valence electrons. The summed E-state index contributed by atoms with van der Waals surface area (Å²) in [7, 11) is 0. The summed E-state index contributed by atoms with van der Waals surface area (Å²) in [5.74, 6) is -0.0898. The highest BCUT2D eigenvalue weighted by Gasteiger charge is 2.04. The van der Waals surface area contributed by atoms with Gasteiger partial charge in [0.05, 0.1) is 0 Å². The van der Waals surface area contributed by atoms with Crippen molar-refractivity contribution >= 4 is 56.1 Å². The number of nitrogens with two attached hydrogens (primary N) is 1. The smallest absolute Gasteiger partial charge is 0.221 e. The van der Waals surface area contributed by atoms with Crippen molar-refractivity contribution in [1.82, 2.24) is 0 Å². The normalized spacial score (nSPS) is 10.0. The summed E-state index contributed by atoms with van der Waals surface area (Å²) in [6.07, 6.45) is 0. The van der Waals surface area contributed by atoms with Crippen LogP contribution in [0.3, 0.4) is 0 Å². The van der Waals surface area contributed by atoms with Gasteiger partial charge in [0, 0.05) is 34.0 Å². The van der Waals surface area contributed by atoms with Crippen molar-refractivity contribution in [3.8, 4) is 0 Å². The van der Waals surface area contributed by atoms with Crippen molar-refractivity contribution in [1.29, 1.82) is 0 Å². The molecule has 0 aliphatic heterocycles. The van der Waals surface area contributed by atoms with Crippen molar-refractivity contribution in [2.75, 3.05) is 10.6 Å². The van der Waals surface area contributed by atoms with Gasteiger partial charge in [-0.25, -0.2) is 0 Å². The molecule has 0 aromatic heterocycles. The lowest BCUT2D eigenvalue weighted by Crippen LogP contribution is -2.10. The third kappa shape index (κ3) is 4.27. The summed E-state index contributed by atoms with van der Waals surface area (Å²) in [4.78, 5) is 11.3. The first-order chi connectivity index (χ1) is 9.95. The molecule has 0 aliphatic carbocycles. The molecule has 0 saturated heterocycles. The van der Waals surface area contributed by atoms with Gasteiger partial charge >= 0.3 is 0 Å². The second kappa shape index (κ2) is 6.69. The lowest BCUT2D eigenvalue weighted by Gasteiger charge is -2.10. The van der Waals surface area contributed by atoms with Gasteiger partial charge in [0.15, 0.2) is 0 Å². The average molecular weight is 364 g/mol. The van der Waals surface area contributed by atoms with E-state index in [9.17, 15) is 4.79 Å². The molecule has 0 spiro atoms. The maximum Gasteiger partial charge on any atom is 0.221 e. The lowest BCUT2D eigenvalue weighted by atomic mass is 10.2. The van der Waals surface area contributed by atoms with Gasteiger partial charge in [-0.05, 0) is 58.4 Å². The fraction of sp³-hybridized carbons (Fsp3) is 0.0667. The summed E-state index contributed by atoms with van der Waals surface area (Å²) in [5, 5.41) is 5.99. The van der Waals surface area contributed by atoms with Crippen LogP contribution in [0.5, 0.6) is 0 Å². The summed E-state index contributed by atoms with van der Waals surface area (Å²) in [5.41, 5.74) is 9.01. The first kappa shape index (κ1) is 15.5. The molecular formula is C15H14BrN3OS. The monoisotopic (exact) mass is 363 g/mol. The van der Waals surface area contributed by atoms with Gasteiger partial charge in [-0.15, -0.1) is 0 Å². The van der Waals surface area contributed by atoms with Crippen LogP contribution in [0.25, 0.3) is 0 Å². The van der Waals surface area contributed by atoms with Gasteiger partial charge in [-0.2, -0.15) is 0 Å². The van der Waals surface area contributed by atoms with Crippen molar-refractivity contribution in [2.24, 2.45) is 5.73 Å². The third-order valence-electron chi connectivity index (χ3n) is 2.73. The topological polar surface area (TPSA) is 67.2 Å². The Labute approximate surface area is 136 Å². The van der Waals surface area contributed by atoms with Crippen LogP contribution in [0.2, 0.25) is 0 Å².